The summed E-state index contributed by atoms with van der Waals surface area (Å²) in [6.45, 7) is 0.533. The molecule has 2 aromatic heterocycles. The van der Waals surface area contributed by atoms with Gasteiger partial charge in [0.25, 0.3) is 5.92 Å². The van der Waals surface area contributed by atoms with Gasteiger partial charge in [-0.3, -0.25) is 0 Å². The van der Waals surface area contributed by atoms with Crippen LogP contribution in [0.15, 0.2) is 18.6 Å². The van der Waals surface area contributed by atoms with Crippen molar-refractivity contribution in [3.8, 4) is 0 Å². The van der Waals surface area contributed by atoms with Crippen LogP contribution in [0.25, 0.3) is 5.65 Å². The molecule has 7 heteroatoms. The molecule has 0 bridgehead atoms. The summed E-state index contributed by atoms with van der Waals surface area (Å²) in [5.41, 5.74) is 0.643. The molecule has 0 atom stereocenters. The Morgan fingerprint density at radius 3 is 2.72 bits per heavy atom. The first-order valence-corrected chi connectivity index (χ1v) is 6.05. The van der Waals surface area contributed by atoms with Gasteiger partial charge in [-0.2, -0.15) is 0 Å². The lowest BCUT2D eigenvalue weighted by atomic mass is 10.1. The number of imidazole rings is 1. The third kappa shape index (κ3) is 2.01. The van der Waals surface area contributed by atoms with E-state index in [0.29, 0.717) is 16.6 Å². The molecule has 0 spiro atoms. The number of fused-ring (bicyclic) bond motifs is 1. The average Bonchev–Trinajstić information content (AvgIpc) is 2.76. The van der Waals surface area contributed by atoms with Crippen LogP contribution in [-0.4, -0.2) is 33.4 Å². The van der Waals surface area contributed by atoms with Crippen LogP contribution in [0.3, 0.4) is 0 Å². The van der Waals surface area contributed by atoms with E-state index in [1.165, 1.54) is 0 Å². The monoisotopic (exact) mass is 272 g/mol. The maximum absolute atomic E-state index is 13.1. The van der Waals surface area contributed by atoms with Gasteiger partial charge in [-0.1, -0.05) is 11.6 Å². The molecule has 1 aliphatic heterocycles. The second-order valence-electron chi connectivity index (χ2n) is 4.39. The number of hydrogen-bond acceptors (Lipinski definition) is 3. The highest BCUT2D eigenvalue weighted by molar-refractivity contribution is 6.29. The molecule has 2 aromatic rings. The molecule has 4 nitrogen and oxygen atoms in total. The summed E-state index contributed by atoms with van der Waals surface area (Å²) >= 11 is 5.92. The number of anilines is 1. The molecule has 0 aliphatic carbocycles. The fourth-order valence-electron chi connectivity index (χ4n) is 2.14. The van der Waals surface area contributed by atoms with Gasteiger partial charge in [0.05, 0.1) is 0 Å². The van der Waals surface area contributed by atoms with E-state index < -0.39 is 5.92 Å². The first-order valence-electron chi connectivity index (χ1n) is 5.67. The second kappa shape index (κ2) is 4.05. The smallest absolute Gasteiger partial charge is 0.251 e. The summed E-state index contributed by atoms with van der Waals surface area (Å²) in [4.78, 5) is 10.2. The predicted octanol–water partition coefficient (Wildman–Crippen LogP) is 2.62. The fraction of sp³-hybridized carbons (Fsp3) is 0.455. The largest absolute Gasteiger partial charge is 0.353 e. The van der Waals surface area contributed by atoms with E-state index >= 15 is 0 Å². The molecule has 0 N–H and O–H groups in total. The maximum atomic E-state index is 13.1. The zero-order valence-corrected chi connectivity index (χ0v) is 10.2. The normalized spacial score (nSPS) is 19.4. The molecule has 1 saturated heterocycles. The lowest BCUT2D eigenvalue weighted by Gasteiger charge is -2.32. The Hall–Kier alpha value is -1.43. The Kier molecular flexibility index (Phi) is 2.62. The van der Waals surface area contributed by atoms with Crippen LogP contribution in [-0.2, 0) is 0 Å². The molecule has 0 radical (unpaired) electrons. The van der Waals surface area contributed by atoms with Crippen molar-refractivity contribution in [1.82, 2.24) is 14.4 Å². The minimum Gasteiger partial charge on any atom is -0.353 e. The number of halogens is 3. The van der Waals surface area contributed by atoms with Crippen molar-refractivity contribution in [2.75, 3.05) is 18.0 Å². The Balaban J connectivity index is 1.97. The average molecular weight is 273 g/mol. The van der Waals surface area contributed by atoms with Crippen LogP contribution in [0.4, 0.5) is 14.6 Å². The molecule has 0 aromatic carbocycles. The van der Waals surface area contributed by atoms with Crippen molar-refractivity contribution in [2.24, 2.45) is 0 Å². The van der Waals surface area contributed by atoms with Gasteiger partial charge in [-0.25, -0.2) is 18.7 Å². The van der Waals surface area contributed by atoms with Crippen molar-refractivity contribution in [2.45, 2.75) is 18.8 Å². The summed E-state index contributed by atoms with van der Waals surface area (Å²) < 4.78 is 28.0. The van der Waals surface area contributed by atoms with Crippen molar-refractivity contribution >= 4 is 23.1 Å². The molecule has 3 heterocycles. The first kappa shape index (κ1) is 11.6. The zero-order valence-electron chi connectivity index (χ0n) is 9.48. The molecule has 3 rings (SSSR count). The Labute approximate surface area is 107 Å². The van der Waals surface area contributed by atoms with Crippen LogP contribution in [0, 0.1) is 0 Å². The quantitative estimate of drug-likeness (QED) is 0.800. The number of aromatic nitrogens is 3. The van der Waals surface area contributed by atoms with E-state index in [2.05, 4.69) is 9.97 Å². The van der Waals surface area contributed by atoms with E-state index in [4.69, 9.17) is 11.6 Å². The molecule has 1 aliphatic rings. The molecule has 1 fully saturated rings. The van der Waals surface area contributed by atoms with Crippen LogP contribution in [0.1, 0.15) is 12.8 Å². The third-order valence-electron chi connectivity index (χ3n) is 3.12. The standard InChI is InChI=1S/C11H11ClF2N4/c12-8-7-18-6-3-15-9(18)10(16-8)17-4-1-11(13,14)2-5-17/h3,6-7H,1-2,4-5H2. The van der Waals surface area contributed by atoms with Crippen molar-refractivity contribution < 1.29 is 8.78 Å². The first-order chi connectivity index (χ1) is 8.55. The van der Waals surface area contributed by atoms with E-state index in [1.54, 1.807) is 23.0 Å². The molecule has 96 valence electrons. The Bertz CT molecular complexity index is 573. The van der Waals surface area contributed by atoms with Crippen LogP contribution < -0.4 is 4.90 Å². The molecular formula is C11H11ClF2N4. The number of hydrogen-bond donors (Lipinski definition) is 0. The SMILES string of the molecule is FC1(F)CCN(c2nc(Cl)cn3ccnc23)CC1. The highest BCUT2D eigenvalue weighted by Crippen LogP contribution is 2.31. The van der Waals surface area contributed by atoms with Gasteiger partial charge in [0.1, 0.15) is 5.15 Å². The van der Waals surface area contributed by atoms with Crippen LogP contribution in [0.5, 0.6) is 0 Å². The minimum absolute atomic E-state index is 0.159. The van der Waals surface area contributed by atoms with Crippen LogP contribution in [0.2, 0.25) is 5.15 Å². The number of piperidine rings is 1. The van der Waals surface area contributed by atoms with E-state index in [-0.39, 0.29) is 25.9 Å². The zero-order chi connectivity index (χ0) is 12.8. The third-order valence-corrected chi connectivity index (χ3v) is 3.30. The minimum atomic E-state index is -2.57. The topological polar surface area (TPSA) is 33.4 Å². The van der Waals surface area contributed by atoms with E-state index in [0.717, 1.165) is 0 Å². The second-order valence-corrected chi connectivity index (χ2v) is 4.78. The van der Waals surface area contributed by atoms with Gasteiger partial charge in [-0.05, 0) is 0 Å². The van der Waals surface area contributed by atoms with Gasteiger partial charge >= 0.3 is 0 Å². The van der Waals surface area contributed by atoms with Gasteiger partial charge in [0, 0.05) is 44.5 Å². The summed E-state index contributed by atoms with van der Waals surface area (Å²) in [7, 11) is 0. The lowest BCUT2D eigenvalue weighted by Crippen LogP contribution is -2.40. The van der Waals surface area contributed by atoms with Crippen molar-refractivity contribution in [3.63, 3.8) is 0 Å². The van der Waals surface area contributed by atoms with Gasteiger partial charge in [-0.15, -0.1) is 0 Å². The van der Waals surface area contributed by atoms with Gasteiger partial charge in [0.2, 0.25) is 0 Å². The van der Waals surface area contributed by atoms with Crippen molar-refractivity contribution in [1.29, 1.82) is 0 Å². The highest BCUT2D eigenvalue weighted by Gasteiger charge is 2.35. The van der Waals surface area contributed by atoms with Crippen molar-refractivity contribution in [3.05, 3.63) is 23.7 Å². The summed E-state index contributed by atoms with van der Waals surface area (Å²) in [5.74, 6) is -2.00. The molecule has 0 saturated carbocycles. The van der Waals surface area contributed by atoms with Crippen LogP contribution >= 0.6 is 11.6 Å². The maximum Gasteiger partial charge on any atom is 0.251 e. The molecule has 18 heavy (non-hydrogen) atoms. The Morgan fingerprint density at radius 2 is 2.00 bits per heavy atom. The summed E-state index contributed by atoms with van der Waals surface area (Å²) in [6.07, 6.45) is 4.72. The molecule has 0 unspecified atom stereocenters. The highest BCUT2D eigenvalue weighted by atomic mass is 35.5. The predicted molar refractivity (Wildman–Crippen MR) is 64.4 cm³/mol. The fourth-order valence-corrected chi connectivity index (χ4v) is 2.33. The van der Waals surface area contributed by atoms with Gasteiger partial charge in [0.15, 0.2) is 11.5 Å². The van der Waals surface area contributed by atoms with E-state index in [9.17, 15) is 8.78 Å². The summed E-state index contributed by atoms with van der Waals surface area (Å²) in [5, 5.41) is 0.327. The van der Waals surface area contributed by atoms with Gasteiger partial charge < -0.3 is 9.30 Å². The molecule has 0 amide bonds. The Morgan fingerprint density at radius 1 is 1.28 bits per heavy atom. The number of nitrogens with zero attached hydrogens (tertiary/aromatic N) is 4. The molecular weight excluding hydrogens is 262 g/mol. The number of rotatable bonds is 1. The summed E-state index contributed by atoms with van der Waals surface area (Å²) in [6, 6.07) is 0. The lowest BCUT2D eigenvalue weighted by molar-refractivity contribution is -0.0221. The van der Waals surface area contributed by atoms with E-state index in [1.807, 2.05) is 4.90 Å². The number of alkyl halides is 2.